The highest BCUT2D eigenvalue weighted by molar-refractivity contribution is 5.74. The van der Waals surface area contributed by atoms with Gasteiger partial charge < -0.3 is 20.1 Å². The van der Waals surface area contributed by atoms with E-state index in [0.29, 0.717) is 6.54 Å². The molecule has 2 fully saturated rings. The SMILES string of the molecule is CCC1(CO)CCN(C(=O)NCC2CCCO2)CC1. The molecule has 110 valence electrons. The van der Waals surface area contributed by atoms with E-state index < -0.39 is 0 Å². The number of hydrogen-bond acceptors (Lipinski definition) is 3. The molecule has 2 aliphatic rings. The molecule has 0 aromatic heterocycles. The molecule has 0 saturated carbocycles. The minimum atomic E-state index is 0.0122. The van der Waals surface area contributed by atoms with E-state index in [4.69, 9.17) is 4.74 Å². The Balaban J connectivity index is 1.72. The number of urea groups is 1. The summed E-state index contributed by atoms with van der Waals surface area (Å²) in [5.74, 6) is 0. The van der Waals surface area contributed by atoms with Gasteiger partial charge in [-0.3, -0.25) is 0 Å². The number of ether oxygens (including phenoxy) is 1. The van der Waals surface area contributed by atoms with Crippen molar-refractivity contribution in [2.45, 2.75) is 45.1 Å². The first-order valence-corrected chi connectivity index (χ1v) is 7.44. The second-order valence-electron chi connectivity index (χ2n) is 5.82. The number of carbonyl (C=O) groups is 1. The predicted octanol–water partition coefficient (Wildman–Crippen LogP) is 1.36. The van der Waals surface area contributed by atoms with Crippen LogP contribution in [0.2, 0.25) is 0 Å². The Morgan fingerprint density at radius 1 is 1.47 bits per heavy atom. The summed E-state index contributed by atoms with van der Waals surface area (Å²) in [7, 11) is 0. The quantitative estimate of drug-likeness (QED) is 0.811. The molecule has 1 unspecified atom stereocenters. The number of rotatable bonds is 4. The fourth-order valence-electron chi connectivity index (χ4n) is 2.93. The number of aliphatic hydroxyl groups is 1. The molecule has 5 nitrogen and oxygen atoms in total. The van der Waals surface area contributed by atoms with Crippen molar-refractivity contribution in [3.8, 4) is 0 Å². The van der Waals surface area contributed by atoms with E-state index in [-0.39, 0.29) is 24.2 Å². The van der Waals surface area contributed by atoms with Gasteiger partial charge in [0.05, 0.1) is 6.10 Å². The standard InChI is InChI=1S/C14H26N2O3/c1-2-14(11-17)5-7-16(8-6-14)13(18)15-10-12-4-3-9-19-12/h12,17H,2-11H2,1H3,(H,15,18). The van der Waals surface area contributed by atoms with Gasteiger partial charge in [0.15, 0.2) is 0 Å². The zero-order chi connectivity index (χ0) is 13.7. The third-order valence-corrected chi connectivity index (χ3v) is 4.70. The van der Waals surface area contributed by atoms with Gasteiger partial charge in [0.1, 0.15) is 0 Å². The lowest BCUT2D eigenvalue weighted by Crippen LogP contribution is -2.49. The van der Waals surface area contributed by atoms with Crippen molar-refractivity contribution in [1.82, 2.24) is 10.2 Å². The molecular formula is C14H26N2O3. The molecule has 1 atom stereocenters. The van der Waals surface area contributed by atoms with Gasteiger partial charge in [0, 0.05) is 32.8 Å². The van der Waals surface area contributed by atoms with Crippen LogP contribution in [0.15, 0.2) is 0 Å². The molecule has 2 aliphatic heterocycles. The Labute approximate surface area is 115 Å². The topological polar surface area (TPSA) is 61.8 Å². The highest BCUT2D eigenvalue weighted by atomic mass is 16.5. The first kappa shape index (κ1) is 14.6. The fraction of sp³-hybridized carbons (Fsp3) is 0.929. The van der Waals surface area contributed by atoms with Crippen LogP contribution in [-0.4, -0.2) is 55.0 Å². The largest absolute Gasteiger partial charge is 0.396 e. The molecule has 0 bridgehead atoms. The van der Waals surface area contributed by atoms with E-state index in [1.807, 2.05) is 4.90 Å². The molecule has 5 heteroatoms. The number of amides is 2. The van der Waals surface area contributed by atoms with Crippen molar-refractivity contribution in [2.75, 3.05) is 32.8 Å². The predicted molar refractivity (Wildman–Crippen MR) is 73.0 cm³/mol. The molecule has 0 radical (unpaired) electrons. The number of nitrogens with one attached hydrogen (secondary N) is 1. The van der Waals surface area contributed by atoms with Crippen LogP contribution >= 0.6 is 0 Å². The summed E-state index contributed by atoms with van der Waals surface area (Å²) in [5, 5.41) is 12.4. The number of aliphatic hydroxyl groups excluding tert-OH is 1. The number of carbonyl (C=O) groups excluding carboxylic acids is 1. The van der Waals surface area contributed by atoms with Gasteiger partial charge in [-0.05, 0) is 37.5 Å². The third-order valence-electron chi connectivity index (χ3n) is 4.70. The van der Waals surface area contributed by atoms with Crippen LogP contribution in [-0.2, 0) is 4.74 Å². The molecule has 2 N–H and O–H groups in total. The summed E-state index contributed by atoms with van der Waals surface area (Å²) in [6, 6.07) is 0.0122. The normalized spacial score (nSPS) is 26.4. The third kappa shape index (κ3) is 3.60. The minimum Gasteiger partial charge on any atom is -0.396 e. The average molecular weight is 270 g/mol. The van der Waals surface area contributed by atoms with Gasteiger partial charge in [-0.15, -0.1) is 0 Å². The summed E-state index contributed by atoms with van der Waals surface area (Å²) >= 11 is 0. The lowest BCUT2D eigenvalue weighted by molar-refractivity contribution is 0.0507. The zero-order valence-electron chi connectivity index (χ0n) is 11.9. The van der Waals surface area contributed by atoms with E-state index in [1.54, 1.807) is 0 Å². The molecule has 0 spiro atoms. The Bertz CT molecular complexity index is 289. The van der Waals surface area contributed by atoms with Crippen LogP contribution in [0.25, 0.3) is 0 Å². The van der Waals surface area contributed by atoms with Crippen LogP contribution in [0.4, 0.5) is 4.79 Å². The summed E-state index contributed by atoms with van der Waals surface area (Å²) in [6.45, 7) is 5.27. The van der Waals surface area contributed by atoms with Crippen molar-refractivity contribution in [3.63, 3.8) is 0 Å². The Kier molecular flexibility index (Phi) is 5.05. The maximum atomic E-state index is 12.0. The second-order valence-corrected chi connectivity index (χ2v) is 5.82. The number of hydrogen-bond donors (Lipinski definition) is 2. The highest BCUT2D eigenvalue weighted by Crippen LogP contribution is 2.34. The molecule has 0 aliphatic carbocycles. The van der Waals surface area contributed by atoms with Gasteiger partial charge >= 0.3 is 6.03 Å². The Morgan fingerprint density at radius 2 is 2.21 bits per heavy atom. The van der Waals surface area contributed by atoms with Crippen LogP contribution in [0.5, 0.6) is 0 Å². The van der Waals surface area contributed by atoms with Crippen molar-refractivity contribution in [2.24, 2.45) is 5.41 Å². The van der Waals surface area contributed by atoms with Gasteiger partial charge in [0.2, 0.25) is 0 Å². The molecule has 2 rings (SSSR count). The Morgan fingerprint density at radius 3 is 2.74 bits per heavy atom. The van der Waals surface area contributed by atoms with Crippen LogP contribution in [0, 0.1) is 5.41 Å². The number of piperidine rings is 1. The first-order valence-electron chi connectivity index (χ1n) is 7.44. The summed E-state index contributed by atoms with van der Waals surface area (Å²) in [6.07, 6.45) is 5.11. The molecule has 2 amide bonds. The summed E-state index contributed by atoms with van der Waals surface area (Å²) < 4.78 is 5.49. The zero-order valence-corrected chi connectivity index (χ0v) is 11.9. The average Bonchev–Trinajstić information content (AvgIpc) is 2.98. The monoisotopic (exact) mass is 270 g/mol. The molecular weight excluding hydrogens is 244 g/mol. The highest BCUT2D eigenvalue weighted by Gasteiger charge is 2.33. The van der Waals surface area contributed by atoms with Gasteiger partial charge in [-0.25, -0.2) is 4.79 Å². The van der Waals surface area contributed by atoms with Crippen LogP contribution < -0.4 is 5.32 Å². The van der Waals surface area contributed by atoms with Crippen molar-refractivity contribution in [1.29, 1.82) is 0 Å². The van der Waals surface area contributed by atoms with Crippen molar-refractivity contribution in [3.05, 3.63) is 0 Å². The van der Waals surface area contributed by atoms with E-state index in [0.717, 1.165) is 51.8 Å². The van der Waals surface area contributed by atoms with E-state index in [9.17, 15) is 9.90 Å². The lowest BCUT2D eigenvalue weighted by Gasteiger charge is -2.40. The van der Waals surface area contributed by atoms with Gasteiger partial charge in [-0.2, -0.15) is 0 Å². The molecule has 0 aromatic rings. The Hall–Kier alpha value is -0.810. The summed E-state index contributed by atoms with van der Waals surface area (Å²) in [5.41, 5.74) is 0.0331. The van der Waals surface area contributed by atoms with E-state index in [2.05, 4.69) is 12.2 Å². The van der Waals surface area contributed by atoms with E-state index in [1.165, 1.54) is 0 Å². The van der Waals surface area contributed by atoms with E-state index >= 15 is 0 Å². The molecule has 0 aromatic carbocycles. The van der Waals surface area contributed by atoms with Gasteiger partial charge in [-0.1, -0.05) is 6.92 Å². The number of likely N-dealkylation sites (tertiary alicyclic amines) is 1. The maximum absolute atomic E-state index is 12.0. The summed E-state index contributed by atoms with van der Waals surface area (Å²) in [4.78, 5) is 13.9. The maximum Gasteiger partial charge on any atom is 0.317 e. The van der Waals surface area contributed by atoms with Gasteiger partial charge in [0.25, 0.3) is 0 Å². The first-order chi connectivity index (χ1) is 9.19. The lowest BCUT2D eigenvalue weighted by atomic mass is 9.77. The number of nitrogens with zero attached hydrogens (tertiary/aromatic N) is 1. The minimum absolute atomic E-state index is 0.0122. The van der Waals surface area contributed by atoms with Crippen LogP contribution in [0.3, 0.4) is 0 Å². The second kappa shape index (κ2) is 6.57. The molecule has 2 saturated heterocycles. The van der Waals surface area contributed by atoms with Crippen molar-refractivity contribution >= 4 is 6.03 Å². The smallest absolute Gasteiger partial charge is 0.317 e. The van der Waals surface area contributed by atoms with Crippen LogP contribution in [0.1, 0.15) is 39.0 Å². The molecule has 19 heavy (non-hydrogen) atoms. The fourth-order valence-corrected chi connectivity index (χ4v) is 2.93. The molecule has 2 heterocycles. The van der Waals surface area contributed by atoms with Crippen molar-refractivity contribution < 1.29 is 14.6 Å².